The lowest BCUT2D eigenvalue weighted by molar-refractivity contribution is 0.130. The Hall–Kier alpha value is -0.340. The molecule has 0 amide bonds. The standard InChI is InChI=1S/C11H23NO/c1-3-5-6-10-13-11-7-9-12-8-4-2/h3,12H,1,4-11H2,2H3. The van der Waals surface area contributed by atoms with Gasteiger partial charge in [0.05, 0.1) is 0 Å². The van der Waals surface area contributed by atoms with Gasteiger partial charge in [0.2, 0.25) is 0 Å². The summed E-state index contributed by atoms with van der Waals surface area (Å²) in [5.41, 5.74) is 0. The predicted molar refractivity (Wildman–Crippen MR) is 58.0 cm³/mol. The molecular formula is C11H23NO. The molecule has 0 saturated carbocycles. The fourth-order valence-electron chi connectivity index (χ4n) is 1.03. The number of nitrogens with one attached hydrogen (secondary N) is 1. The van der Waals surface area contributed by atoms with Crippen molar-refractivity contribution in [1.29, 1.82) is 0 Å². The van der Waals surface area contributed by atoms with Crippen molar-refractivity contribution in [3.05, 3.63) is 12.7 Å². The first kappa shape index (κ1) is 12.7. The van der Waals surface area contributed by atoms with Crippen LogP contribution in [0, 0.1) is 0 Å². The Morgan fingerprint density at radius 2 is 2.00 bits per heavy atom. The molecule has 0 rings (SSSR count). The van der Waals surface area contributed by atoms with E-state index in [0.717, 1.165) is 45.6 Å². The molecule has 0 aliphatic heterocycles. The summed E-state index contributed by atoms with van der Waals surface area (Å²) in [5, 5.41) is 3.34. The Morgan fingerprint density at radius 3 is 2.69 bits per heavy atom. The van der Waals surface area contributed by atoms with E-state index in [1.54, 1.807) is 0 Å². The molecule has 13 heavy (non-hydrogen) atoms. The van der Waals surface area contributed by atoms with Gasteiger partial charge in [0, 0.05) is 13.2 Å². The molecular weight excluding hydrogens is 162 g/mol. The first-order valence-electron chi connectivity index (χ1n) is 5.31. The molecule has 78 valence electrons. The monoisotopic (exact) mass is 185 g/mol. The van der Waals surface area contributed by atoms with E-state index in [9.17, 15) is 0 Å². The van der Waals surface area contributed by atoms with Gasteiger partial charge in [0.1, 0.15) is 0 Å². The zero-order valence-electron chi connectivity index (χ0n) is 8.85. The van der Waals surface area contributed by atoms with Gasteiger partial charge in [-0.05, 0) is 38.8 Å². The lowest BCUT2D eigenvalue weighted by Gasteiger charge is -2.04. The van der Waals surface area contributed by atoms with Crippen molar-refractivity contribution in [3.63, 3.8) is 0 Å². The van der Waals surface area contributed by atoms with Crippen molar-refractivity contribution in [3.8, 4) is 0 Å². The summed E-state index contributed by atoms with van der Waals surface area (Å²) in [5.74, 6) is 0. The largest absolute Gasteiger partial charge is 0.381 e. The maximum atomic E-state index is 5.43. The van der Waals surface area contributed by atoms with E-state index in [1.165, 1.54) is 6.42 Å². The van der Waals surface area contributed by atoms with Crippen LogP contribution in [0.3, 0.4) is 0 Å². The van der Waals surface area contributed by atoms with E-state index in [1.807, 2.05) is 6.08 Å². The highest BCUT2D eigenvalue weighted by molar-refractivity contribution is 4.64. The molecule has 0 aliphatic carbocycles. The maximum absolute atomic E-state index is 5.43. The summed E-state index contributed by atoms with van der Waals surface area (Å²) in [6.45, 7) is 9.80. The molecule has 0 radical (unpaired) electrons. The minimum Gasteiger partial charge on any atom is -0.381 e. The van der Waals surface area contributed by atoms with Crippen LogP contribution in [0.2, 0.25) is 0 Å². The highest BCUT2D eigenvalue weighted by Gasteiger charge is 1.88. The summed E-state index contributed by atoms with van der Waals surface area (Å²) < 4.78 is 5.43. The molecule has 2 heteroatoms. The molecule has 1 N–H and O–H groups in total. The molecule has 0 heterocycles. The van der Waals surface area contributed by atoms with Gasteiger partial charge in [0.25, 0.3) is 0 Å². The van der Waals surface area contributed by atoms with Crippen LogP contribution in [0.25, 0.3) is 0 Å². The minimum absolute atomic E-state index is 0.875. The van der Waals surface area contributed by atoms with E-state index >= 15 is 0 Å². The second-order valence-corrected chi connectivity index (χ2v) is 3.15. The van der Waals surface area contributed by atoms with Gasteiger partial charge < -0.3 is 10.1 Å². The average Bonchev–Trinajstić information content (AvgIpc) is 2.16. The fourth-order valence-corrected chi connectivity index (χ4v) is 1.03. The number of allylic oxidation sites excluding steroid dienone is 1. The van der Waals surface area contributed by atoms with Crippen LogP contribution in [0.15, 0.2) is 12.7 Å². The van der Waals surface area contributed by atoms with Crippen LogP contribution in [-0.2, 0) is 4.74 Å². The second kappa shape index (κ2) is 11.7. The van der Waals surface area contributed by atoms with Crippen LogP contribution >= 0.6 is 0 Å². The topological polar surface area (TPSA) is 21.3 Å². The molecule has 0 fully saturated rings. The van der Waals surface area contributed by atoms with Gasteiger partial charge in [-0.3, -0.25) is 0 Å². The van der Waals surface area contributed by atoms with Crippen LogP contribution in [0.4, 0.5) is 0 Å². The molecule has 0 saturated heterocycles. The summed E-state index contributed by atoms with van der Waals surface area (Å²) in [7, 11) is 0. The van der Waals surface area contributed by atoms with Crippen molar-refractivity contribution in [1.82, 2.24) is 5.32 Å². The lowest BCUT2D eigenvalue weighted by Crippen LogP contribution is -2.17. The van der Waals surface area contributed by atoms with Crippen LogP contribution < -0.4 is 5.32 Å². The third-order valence-corrected chi connectivity index (χ3v) is 1.77. The average molecular weight is 185 g/mol. The summed E-state index contributed by atoms with van der Waals surface area (Å²) in [6.07, 6.45) is 6.43. The molecule has 2 nitrogen and oxygen atoms in total. The summed E-state index contributed by atoms with van der Waals surface area (Å²) in [4.78, 5) is 0. The molecule has 0 spiro atoms. The van der Waals surface area contributed by atoms with Gasteiger partial charge >= 0.3 is 0 Å². The third-order valence-electron chi connectivity index (χ3n) is 1.77. The van der Waals surface area contributed by atoms with Gasteiger partial charge in [-0.15, -0.1) is 6.58 Å². The Kier molecular flexibility index (Phi) is 11.4. The highest BCUT2D eigenvalue weighted by Crippen LogP contribution is 1.91. The van der Waals surface area contributed by atoms with Gasteiger partial charge in [0.15, 0.2) is 0 Å². The molecule has 0 atom stereocenters. The first-order valence-corrected chi connectivity index (χ1v) is 5.31. The molecule has 0 bridgehead atoms. The zero-order valence-corrected chi connectivity index (χ0v) is 8.85. The van der Waals surface area contributed by atoms with Gasteiger partial charge in [-0.2, -0.15) is 0 Å². The smallest absolute Gasteiger partial charge is 0.0478 e. The maximum Gasteiger partial charge on any atom is 0.0478 e. The van der Waals surface area contributed by atoms with Crippen LogP contribution in [0.1, 0.15) is 32.6 Å². The third kappa shape index (κ3) is 11.7. The Bertz CT molecular complexity index is 104. The highest BCUT2D eigenvalue weighted by atomic mass is 16.5. The van der Waals surface area contributed by atoms with Crippen LogP contribution in [-0.4, -0.2) is 26.3 Å². The van der Waals surface area contributed by atoms with Crippen LogP contribution in [0.5, 0.6) is 0 Å². The first-order chi connectivity index (χ1) is 6.41. The normalized spacial score (nSPS) is 10.2. The summed E-state index contributed by atoms with van der Waals surface area (Å²) in [6, 6.07) is 0. The SMILES string of the molecule is C=CCCCOCCCNCCC. The lowest BCUT2D eigenvalue weighted by atomic mass is 10.3. The predicted octanol–water partition coefficient (Wildman–Crippen LogP) is 2.36. The second-order valence-electron chi connectivity index (χ2n) is 3.15. The quantitative estimate of drug-likeness (QED) is 0.417. The van der Waals surface area contributed by atoms with Crippen molar-refractivity contribution in [2.24, 2.45) is 0 Å². The fraction of sp³-hybridized carbons (Fsp3) is 0.818. The molecule has 0 aliphatic rings. The van der Waals surface area contributed by atoms with E-state index in [-0.39, 0.29) is 0 Å². The van der Waals surface area contributed by atoms with Gasteiger partial charge in [-0.1, -0.05) is 13.0 Å². The number of rotatable bonds is 10. The van der Waals surface area contributed by atoms with Gasteiger partial charge in [-0.25, -0.2) is 0 Å². The molecule has 0 aromatic carbocycles. The van der Waals surface area contributed by atoms with Crippen molar-refractivity contribution in [2.45, 2.75) is 32.6 Å². The molecule has 0 aromatic rings. The van der Waals surface area contributed by atoms with Crippen molar-refractivity contribution < 1.29 is 4.74 Å². The summed E-state index contributed by atoms with van der Waals surface area (Å²) >= 11 is 0. The van der Waals surface area contributed by atoms with E-state index in [0.29, 0.717) is 0 Å². The molecule has 0 unspecified atom stereocenters. The van der Waals surface area contributed by atoms with Crippen molar-refractivity contribution in [2.75, 3.05) is 26.3 Å². The number of unbranched alkanes of at least 4 members (excludes halogenated alkanes) is 1. The van der Waals surface area contributed by atoms with E-state index < -0.39 is 0 Å². The minimum atomic E-state index is 0.875. The van der Waals surface area contributed by atoms with E-state index in [4.69, 9.17) is 4.74 Å². The zero-order chi connectivity index (χ0) is 9.78. The Balaban J connectivity index is 2.79. The Morgan fingerprint density at radius 1 is 1.23 bits per heavy atom. The Labute approximate surface area is 82.4 Å². The molecule has 0 aromatic heterocycles. The number of hydrogen-bond donors (Lipinski definition) is 1. The van der Waals surface area contributed by atoms with E-state index in [2.05, 4.69) is 18.8 Å². The van der Waals surface area contributed by atoms with Crippen molar-refractivity contribution >= 4 is 0 Å². The number of ether oxygens (including phenoxy) is 1. The number of hydrogen-bond acceptors (Lipinski definition) is 2.